The van der Waals surface area contributed by atoms with E-state index in [9.17, 15) is 41.0 Å². The lowest BCUT2D eigenvalue weighted by Gasteiger charge is -2.30. The summed E-state index contributed by atoms with van der Waals surface area (Å²) in [6.45, 7) is 1.49. The van der Waals surface area contributed by atoms with Crippen LogP contribution in [0.25, 0.3) is 11.5 Å². The third-order valence-corrected chi connectivity index (χ3v) is 19.8. The van der Waals surface area contributed by atoms with E-state index in [4.69, 9.17) is 28.0 Å². The molecule has 13 rings (SSSR count). The van der Waals surface area contributed by atoms with Crippen molar-refractivity contribution < 1.29 is 54.6 Å². The van der Waals surface area contributed by atoms with Crippen molar-refractivity contribution in [3.05, 3.63) is 127 Å². The van der Waals surface area contributed by atoms with Crippen LogP contribution in [0.3, 0.4) is 0 Å². The predicted octanol–water partition coefficient (Wildman–Crippen LogP) is 3.60. The molecule has 3 aliphatic heterocycles. The van der Waals surface area contributed by atoms with Gasteiger partial charge in [-0.15, -0.1) is 0 Å². The first-order chi connectivity index (χ1) is 38.0. The van der Waals surface area contributed by atoms with Crippen LogP contribution < -0.4 is 32.7 Å². The van der Waals surface area contributed by atoms with Gasteiger partial charge in [0.15, 0.2) is 28.8 Å². The molecule has 4 aromatic heterocycles. The van der Waals surface area contributed by atoms with Crippen LogP contribution in [0.1, 0.15) is 62.9 Å². The summed E-state index contributed by atoms with van der Waals surface area (Å²) in [7, 11) is -5.54. The standard InChI is InChI=1S/C16H14FN5O4S.2C15H17FN6O3S/c17-10-2-1-9-3-12(11(9)4-10)22-15(21-25-16(22)23)13-14(20-26-19-13)18-5-8-6-27(24)7-8;2*16-10-2-1-9-3-12(11(9)4-10)19-15(20-23)13-14(22-25-21-13)18-5-8-6-26(17,24)7-8/h1-2,4,8,12H,3,5-7H2,(H,18,20);2*1-2,4,8,12,17,23H,3,5-7H2,(H,18,22)(H,19,20)/t8?,12-,27?;2*8?,12-,26?/m000/s1. The molecule has 3 fully saturated rings. The number of aromatic nitrogens is 8. The highest BCUT2D eigenvalue weighted by Crippen LogP contribution is 2.40. The fourth-order valence-corrected chi connectivity index (χ4v) is 14.4. The summed E-state index contributed by atoms with van der Waals surface area (Å²) in [5.74, 6) is 2.72. The molecule has 0 radical (unpaired) electrons. The quantitative estimate of drug-likeness (QED) is 0.0402. The van der Waals surface area contributed by atoms with E-state index < -0.39 is 36.0 Å². The SMILES string of the molecule is N=S1(=O)CC(CNc2nonc2C(=N[C@H]2Cc3ccc(F)cc32)NO)C1.N=S1(=O)CC(CNc2nonc2C(=N[C@H]2Cc3ccc(F)cc32)NO)C1.O=c1onc(-c2nonc2NCC2CS(=O)C2)n1[C@H]1Cc2ccc(F)cc21. The molecule has 3 atom stereocenters. The Balaban J connectivity index is 0.000000125. The highest BCUT2D eigenvalue weighted by molar-refractivity contribution is 7.94. The van der Waals surface area contributed by atoms with Crippen LogP contribution in [-0.4, -0.2) is 130 Å². The van der Waals surface area contributed by atoms with Gasteiger partial charge < -0.3 is 16.0 Å². The number of nitrogens with zero attached hydrogens (tertiary/aromatic N) is 10. The first-order valence-corrected chi connectivity index (χ1v) is 29.7. The number of benzene rings is 3. The summed E-state index contributed by atoms with van der Waals surface area (Å²) in [6, 6.07) is 12.6. The first kappa shape index (κ1) is 53.1. The minimum Gasteiger partial charge on any atom is -0.365 e. The van der Waals surface area contributed by atoms with E-state index >= 15 is 0 Å². The second-order valence-electron chi connectivity index (χ2n) is 19.7. The van der Waals surface area contributed by atoms with E-state index in [1.54, 1.807) is 18.2 Å². The third kappa shape index (κ3) is 11.4. The van der Waals surface area contributed by atoms with Gasteiger partial charge in [0.05, 0.1) is 18.1 Å². The second-order valence-corrected chi connectivity index (χ2v) is 25.8. The maximum atomic E-state index is 13.6. The van der Waals surface area contributed by atoms with Crippen LogP contribution in [0.2, 0.25) is 0 Å². The molecule has 0 unspecified atom stereocenters. The van der Waals surface area contributed by atoms with Crippen molar-refractivity contribution in [1.29, 1.82) is 9.56 Å². The molecule has 79 heavy (non-hydrogen) atoms. The number of hydroxylamine groups is 2. The number of anilines is 3. The minimum absolute atomic E-state index is 0.0616. The highest BCUT2D eigenvalue weighted by Gasteiger charge is 2.37. The molecule has 0 bridgehead atoms. The Labute approximate surface area is 447 Å². The van der Waals surface area contributed by atoms with Gasteiger partial charge in [0.25, 0.3) is 0 Å². The predicted molar refractivity (Wildman–Crippen MR) is 275 cm³/mol. The number of nitrogens with one attached hydrogen (secondary N) is 7. The van der Waals surface area contributed by atoms with Crippen molar-refractivity contribution in [3.63, 3.8) is 0 Å². The molecular weight excluding hydrogens is 1100 g/mol. The van der Waals surface area contributed by atoms with Crippen LogP contribution in [0.4, 0.5) is 30.6 Å². The summed E-state index contributed by atoms with van der Waals surface area (Å²) < 4.78 is 110. The zero-order chi connectivity index (χ0) is 55.2. The van der Waals surface area contributed by atoms with Crippen molar-refractivity contribution in [1.82, 2.24) is 51.6 Å². The lowest BCUT2D eigenvalue weighted by atomic mass is 9.83. The molecule has 0 spiro atoms. The van der Waals surface area contributed by atoms with Gasteiger partial charge in [-0.05, 0) is 126 Å². The van der Waals surface area contributed by atoms with Crippen molar-refractivity contribution in [3.8, 4) is 11.5 Å². The van der Waals surface area contributed by atoms with Gasteiger partial charge in [0.2, 0.25) is 23.3 Å². The second kappa shape index (κ2) is 21.7. The van der Waals surface area contributed by atoms with Crippen LogP contribution in [0.15, 0.2) is 87.8 Å². The van der Waals surface area contributed by atoms with Crippen molar-refractivity contribution >= 4 is 59.4 Å². The maximum Gasteiger partial charge on any atom is 0.442 e. The van der Waals surface area contributed by atoms with E-state index in [1.807, 2.05) is 11.0 Å². The molecule has 9 N–H and O–H groups in total. The van der Waals surface area contributed by atoms with Crippen LogP contribution in [-0.2, 0) is 49.5 Å². The van der Waals surface area contributed by atoms with Gasteiger partial charge >= 0.3 is 5.76 Å². The smallest absolute Gasteiger partial charge is 0.365 e. The number of hydrogen-bond acceptors (Lipinski definition) is 24. The fraction of sp³-hybridized carbons (Fsp3) is 0.391. The molecule has 7 heterocycles. The van der Waals surface area contributed by atoms with Crippen molar-refractivity contribution in [2.75, 3.05) is 70.1 Å². The van der Waals surface area contributed by atoms with Crippen LogP contribution in [0, 0.1) is 44.8 Å². The number of fused-ring (bicyclic) bond motifs is 3. The van der Waals surface area contributed by atoms with E-state index in [0.29, 0.717) is 84.8 Å². The molecule has 3 aromatic carbocycles. The van der Waals surface area contributed by atoms with Crippen molar-refractivity contribution in [2.24, 2.45) is 27.7 Å². The summed E-state index contributed by atoms with van der Waals surface area (Å²) in [6.07, 6.45) is 1.83. The highest BCUT2D eigenvalue weighted by atomic mass is 32.2. The van der Waals surface area contributed by atoms with Gasteiger partial charge in [-0.25, -0.2) is 44.8 Å². The van der Waals surface area contributed by atoms with Gasteiger partial charge in [0, 0.05) is 96.2 Å². The fourth-order valence-electron chi connectivity index (χ4n) is 9.84. The van der Waals surface area contributed by atoms with Gasteiger partial charge in [-0.3, -0.25) is 49.7 Å². The van der Waals surface area contributed by atoms with Crippen LogP contribution in [0.5, 0.6) is 0 Å². The van der Waals surface area contributed by atoms with Gasteiger partial charge in [0.1, 0.15) is 17.5 Å². The number of amidine groups is 2. The lowest BCUT2D eigenvalue weighted by molar-refractivity contribution is 0.232. The Kier molecular flexibility index (Phi) is 14.6. The molecule has 33 heteroatoms. The zero-order valence-corrected chi connectivity index (χ0v) is 43.6. The summed E-state index contributed by atoms with van der Waals surface area (Å²) in [5, 5.41) is 54.5. The third-order valence-electron chi connectivity index (χ3n) is 14.0. The van der Waals surface area contributed by atoms with Gasteiger partial charge in [-0.1, -0.05) is 23.4 Å². The topological polar surface area (TPSA) is 389 Å². The average Bonchev–Trinajstić information content (AvgIpc) is 4.23. The van der Waals surface area contributed by atoms with Gasteiger partial charge in [-0.2, -0.15) is 0 Å². The Morgan fingerprint density at radius 3 is 1.56 bits per heavy atom. The van der Waals surface area contributed by atoms with E-state index in [0.717, 1.165) is 27.8 Å². The molecule has 7 aromatic rings. The molecule has 27 nitrogen and oxygen atoms in total. The molecule has 3 saturated heterocycles. The first-order valence-electron chi connectivity index (χ1n) is 24.4. The molecule has 416 valence electrons. The Bertz CT molecular complexity index is 3640. The number of rotatable bonds is 15. The molecule has 6 aliphatic rings. The average molecular weight is 1150 g/mol. The summed E-state index contributed by atoms with van der Waals surface area (Å²) in [4.78, 5) is 21.0. The zero-order valence-electron chi connectivity index (χ0n) is 41.1. The lowest BCUT2D eigenvalue weighted by Crippen LogP contribution is -2.39. The van der Waals surface area contributed by atoms with Crippen LogP contribution >= 0.6 is 0 Å². The maximum absolute atomic E-state index is 13.6. The largest absolute Gasteiger partial charge is 0.442 e. The van der Waals surface area contributed by atoms with Crippen molar-refractivity contribution in [2.45, 2.75) is 37.4 Å². The monoisotopic (exact) mass is 1150 g/mol. The Morgan fingerprint density at radius 2 is 1.08 bits per heavy atom. The summed E-state index contributed by atoms with van der Waals surface area (Å²) >= 11 is 0. The minimum atomic E-state index is -2.40. The molecule has 3 aliphatic carbocycles. The van der Waals surface area contributed by atoms with E-state index in [2.05, 4.69) is 62.0 Å². The molecule has 0 saturated carbocycles. The van der Waals surface area contributed by atoms with E-state index in [1.165, 1.54) is 41.0 Å². The Hall–Kier alpha value is -7.88. The van der Waals surface area contributed by atoms with E-state index in [-0.39, 0.29) is 99.5 Å². The number of halogens is 3. The number of hydrogen-bond donors (Lipinski definition) is 9. The summed E-state index contributed by atoms with van der Waals surface area (Å²) in [5.41, 5.74) is 9.87. The molecule has 0 amide bonds. The number of aliphatic imine (C=N–C) groups is 2. The Morgan fingerprint density at radius 1 is 0.633 bits per heavy atom. The molecular formula is C46H48F3N17O10S3. The normalized spacial score (nSPS) is 25.9.